The van der Waals surface area contributed by atoms with Gasteiger partial charge in [0, 0.05) is 18.3 Å². The van der Waals surface area contributed by atoms with Gasteiger partial charge in [-0.15, -0.1) is 0 Å². The van der Waals surface area contributed by atoms with Crippen LogP contribution in [0.3, 0.4) is 0 Å². The first kappa shape index (κ1) is 23.0. The highest BCUT2D eigenvalue weighted by Crippen LogP contribution is 2.31. The Labute approximate surface area is 192 Å². The van der Waals surface area contributed by atoms with Gasteiger partial charge in [-0.25, -0.2) is 9.59 Å². The van der Waals surface area contributed by atoms with Crippen molar-refractivity contribution in [2.45, 2.75) is 76.3 Å². The molecule has 0 radical (unpaired) electrons. The number of aliphatic imine (C=N–C) groups is 1. The van der Waals surface area contributed by atoms with Crippen LogP contribution in [0.2, 0.25) is 0 Å². The Hall–Kier alpha value is -3.16. The lowest BCUT2D eigenvalue weighted by atomic mass is 9.94. The van der Waals surface area contributed by atoms with Crippen LogP contribution in [-0.4, -0.2) is 33.5 Å². The second kappa shape index (κ2) is 10.2. The van der Waals surface area contributed by atoms with Gasteiger partial charge in [-0.1, -0.05) is 38.5 Å². The Balaban J connectivity index is 1.77. The van der Waals surface area contributed by atoms with Crippen molar-refractivity contribution in [3.63, 3.8) is 0 Å². The van der Waals surface area contributed by atoms with E-state index in [1.54, 1.807) is 24.3 Å². The normalized spacial score (nSPS) is 18.0. The van der Waals surface area contributed by atoms with Gasteiger partial charge in [0.1, 0.15) is 5.56 Å². The predicted molar refractivity (Wildman–Crippen MR) is 126 cm³/mol. The van der Waals surface area contributed by atoms with Crippen LogP contribution >= 0.6 is 0 Å². The molecule has 8 heteroatoms. The molecule has 2 fully saturated rings. The fraction of sp³-hybridized carbons (Fsp3) is 0.520. The molecule has 8 nitrogen and oxygen atoms in total. The van der Waals surface area contributed by atoms with E-state index in [0.29, 0.717) is 11.3 Å². The summed E-state index contributed by atoms with van der Waals surface area (Å²) < 4.78 is 7.49. The van der Waals surface area contributed by atoms with Gasteiger partial charge < -0.3 is 9.84 Å². The number of rotatable bonds is 5. The van der Waals surface area contributed by atoms with Crippen molar-refractivity contribution in [1.82, 2.24) is 9.13 Å². The maximum atomic E-state index is 13.4. The summed E-state index contributed by atoms with van der Waals surface area (Å²) in [5.74, 6) is -0.753. The van der Waals surface area contributed by atoms with Crippen molar-refractivity contribution < 1.29 is 14.6 Å². The molecule has 176 valence electrons. The predicted octanol–water partition coefficient (Wildman–Crippen LogP) is 4.26. The van der Waals surface area contributed by atoms with E-state index in [1.165, 1.54) is 22.5 Å². The average molecular weight is 454 g/mol. The summed E-state index contributed by atoms with van der Waals surface area (Å²) in [7, 11) is 1.32. The van der Waals surface area contributed by atoms with Crippen molar-refractivity contribution in [1.29, 1.82) is 0 Å². The van der Waals surface area contributed by atoms with Gasteiger partial charge in [-0.05, 0) is 49.9 Å². The van der Waals surface area contributed by atoms with E-state index in [1.807, 2.05) is 0 Å². The minimum absolute atomic E-state index is 0.0304. The summed E-state index contributed by atoms with van der Waals surface area (Å²) in [4.78, 5) is 42.8. The number of carbonyl (C=O) groups is 1. The quantitative estimate of drug-likeness (QED) is 0.538. The number of methoxy groups -OCH3 is 1. The van der Waals surface area contributed by atoms with Gasteiger partial charge in [0.15, 0.2) is 0 Å². The maximum absolute atomic E-state index is 13.4. The fourth-order valence-corrected chi connectivity index (χ4v) is 5.03. The second-order valence-corrected chi connectivity index (χ2v) is 8.95. The first-order chi connectivity index (χ1) is 16.0. The zero-order valence-corrected chi connectivity index (χ0v) is 19.0. The Kier molecular flexibility index (Phi) is 7.11. The van der Waals surface area contributed by atoms with Crippen LogP contribution in [0.25, 0.3) is 0 Å². The maximum Gasteiger partial charge on any atom is 0.337 e. The Morgan fingerprint density at radius 2 is 1.48 bits per heavy atom. The standard InChI is InChI=1S/C25H31N3O5/c1-33-24(31)17-12-14-18(15-13-17)26-16-21-22(29)27(19-8-4-2-5-9-19)25(32)28(23(21)30)20-10-6-3-7-11-20/h12-16,19-20,29H,2-11H2,1H3. The minimum atomic E-state index is -0.494. The molecule has 2 aliphatic carbocycles. The van der Waals surface area contributed by atoms with Crippen LogP contribution in [0, 0.1) is 0 Å². The molecule has 1 aromatic heterocycles. The molecule has 0 aliphatic heterocycles. The lowest BCUT2D eigenvalue weighted by Gasteiger charge is -2.29. The number of aromatic hydroxyl groups is 1. The third-order valence-electron chi connectivity index (χ3n) is 6.84. The molecule has 0 atom stereocenters. The Morgan fingerprint density at radius 1 is 0.939 bits per heavy atom. The van der Waals surface area contributed by atoms with E-state index in [-0.39, 0.29) is 23.5 Å². The molecule has 0 unspecified atom stereocenters. The molecule has 1 aromatic carbocycles. The zero-order valence-electron chi connectivity index (χ0n) is 19.0. The van der Waals surface area contributed by atoms with E-state index in [0.717, 1.165) is 64.2 Å². The lowest BCUT2D eigenvalue weighted by molar-refractivity contribution is 0.0600. The van der Waals surface area contributed by atoms with Gasteiger partial charge in [0.2, 0.25) is 5.88 Å². The molecule has 0 amide bonds. The average Bonchev–Trinajstić information content (AvgIpc) is 2.85. The van der Waals surface area contributed by atoms with Gasteiger partial charge in [-0.3, -0.25) is 18.9 Å². The first-order valence-electron chi connectivity index (χ1n) is 11.8. The Morgan fingerprint density at radius 3 is 2.03 bits per heavy atom. The molecule has 2 aliphatic rings. The fourth-order valence-electron chi connectivity index (χ4n) is 5.03. The van der Waals surface area contributed by atoms with Crippen LogP contribution in [0.4, 0.5) is 5.69 Å². The first-order valence-corrected chi connectivity index (χ1v) is 11.8. The summed E-state index contributed by atoms with van der Waals surface area (Å²) in [6.07, 6.45) is 10.7. The zero-order chi connectivity index (χ0) is 23.4. The lowest BCUT2D eigenvalue weighted by Crippen LogP contribution is -2.45. The topological polar surface area (TPSA) is 103 Å². The van der Waals surface area contributed by atoms with Crippen LogP contribution in [0.15, 0.2) is 38.8 Å². The number of carbonyl (C=O) groups excluding carboxylic acids is 1. The summed E-state index contributed by atoms with van der Waals surface area (Å²) >= 11 is 0. The van der Waals surface area contributed by atoms with Gasteiger partial charge in [0.25, 0.3) is 5.56 Å². The number of benzene rings is 1. The molecule has 0 saturated heterocycles. The van der Waals surface area contributed by atoms with E-state index < -0.39 is 17.2 Å². The number of hydrogen-bond donors (Lipinski definition) is 1. The number of esters is 1. The molecule has 0 spiro atoms. The molecule has 1 heterocycles. The molecule has 0 bridgehead atoms. The van der Waals surface area contributed by atoms with Crippen LogP contribution < -0.4 is 11.2 Å². The van der Waals surface area contributed by atoms with E-state index >= 15 is 0 Å². The number of nitrogens with zero attached hydrogens (tertiary/aromatic N) is 3. The van der Waals surface area contributed by atoms with Gasteiger partial charge >= 0.3 is 11.7 Å². The SMILES string of the molecule is COC(=O)c1ccc(N=Cc2c(O)n(C3CCCCC3)c(=O)n(C3CCCCC3)c2=O)cc1. The summed E-state index contributed by atoms with van der Waals surface area (Å²) in [6.45, 7) is 0. The molecule has 1 N–H and O–H groups in total. The Bertz CT molecular complexity index is 1130. The minimum Gasteiger partial charge on any atom is -0.494 e. The van der Waals surface area contributed by atoms with Crippen molar-refractivity contribution in [2.24, 2.45) is 4.99 Å². The number of ether oxygens (including phenoxy) is 1. The molecule has 33 heavy (non-hydrogen) atoms. The number of aromatic nitrogens is 2. The highest BCUT2D eigenvalue weighted by atomic mass is 16.5. The third-order valence-corrected chi connectivity index (χ3v) is 6.84. The van der Waals surface area contributed by atoms with E-state index in [9.17, 15) is 19.5 Å². The van der Waals surface area contributed by atoms with E-state index in [2.05, 4.69) is 4.99 Å². The number of hydrogen-bond acceptors (Lipinski definition) is 6. The van der Waals surface area contributed by atoms with Crippen molar-refractivity contribution in [3.05, 3.63) is 56.2 Å². The highest BCUT2D eigenvalue weighted by Gasteiger charge is 2.28. The van der Waals surface area contributed by atoms with Crippen LogP contribution in [-0.2, 0) is 4.74 Å². The molecule has 4 rings (SSSR count). The van der Waals surface area contributed by atoms with Gasteiger partial charge in [0.05, 0.1) is 18.4 Å². The summed E-state index contributed by atoms with van der Waals surface area (Å²) in [5, 5.41) is 11.0. The van der Waals surface area contributed by atoms with E-state index in [4.69, 9.17) is 4.74 Å². The molecular formula is C25H31N3O5. The van der Waals surface area contributed by atoms with Crippen LogP contribution in [0.5, 0.6) is 5.88 Å². The highest BCUT2D eigenvalue weighted by molar-refractivity contribution is 5.90. The molecule has 2 aromatic rings. The second-order valence-electron chi connectivity index (χ2n) is 8.95. The largest absolute Gasteiger partial charge is 0.494 e. The van der Waals surface area contributed by atoms with Crippen LogP contribution in [0.1, 0.15) is 92.2 Å². The van der Waals surface area contributed by atoms with Crippen molar-refractivity contribution in [2.75, 3.05) is 7.11 Å². The third kappa shape index (κ3) is 4.79. The van der Waals surface area contributed by atoms with Gasteiger partial charge in [-0.2, -0.15) is 0 Å². The van der Waals surface area contributed by atoms with Crippen molar-refractivity contribution in [3.8, 4) is 5.88 Å². The molecule has 2 saturated carbocycles. The summed E-state index contributed by atoms with van der Waals surface area (Å²) in [6, 6.07) is 6.17. The van der Waals surface area contributed by atoms with Crippen molar-refractivity contribution >= 4 is 17.9 Å². The molecular weight excluding hydrogens is 422 g/mol. The monoisotopic (exact) mass is 453 g/mol. The smallest absolute Gasteiger partial charge is 0.337 e. The summed E-state index contributed by atoms with van der Waals surface area (Å²) in [5.41, 5.74) is 0.0379.